The molecular formula is C11H18N2O. The lowest BCUT2D eigenvalue weighted by Gasteiger charge is -2.07. The SMILES string of the molecule is Cn1ccc(CNCC2CCOC2)c1. The Balaban J connectivity index is 1.67. The molecule has 0 aliphatic carbocycles. The summed E-state index contributed by atoms with van der Waals surface area (Å²) in [5, 5.41) is 3.46. The van der Waals surface area contributed by atoms with Crippen LogP contribution in [0.5, 0.6) is 0 Å². The Bertz CT molecular complexity index is 277. The van der Waals surface area contributed by atoms with Crippen molar-refractivity contribution in [2.45, 2.75) is 13.0 Å². The minimum absolute atomic E-state index is 0.721. The first-order valence-corrected chi connectivity index (χ1v) is 5.24. The Labute approximate surface area is 85.1 Å². The molecule has 1 aromatic heterocycles. The zero-order valence-corrected chi connectivity index (χ0v) is 8.70. The highest BCUT2D eigenvalue weighted by Crippen LogP contribution is 2.10. The van der Waals surface area contributed by atoms with Crippen LogP contribution in [0, 0.1) is 5.92 Å². The molecule has 3 nitrogen and oxygen atoms in total. The van der Waals surface area contributed by atoms with E-state index in [0.29, 0.717) is 0 Å². The van der Waals surface area contributed by atoms with E-state index in [-0.39, 0.29) is 0 Å². The van der Waals surface area contributed by atoms with Gasteiger partial charge in [-0.3, -0.25) is 0 Å². The molecule has 1 aliphatic heterocycles. The predicted octanol–water partition coefficient (Wildman–Crippen LogP) is 1.15. The molecule has 3 heteroatoms. The van der Waals surface area contributed by atoms with Crippen LogP contribution in [0.2, 0.25) is 0 Å². The normalized spacial score (nSPS) is 21.6. The second kappa shape index (κ2) is 4.62. The maximum atomic E-state index is 5.32. The van der Waals surface area contributed by atoms with Crippen LogP contribution in [-0.4, -0.2) is 24.3 Å². The highest BCUT2D eigenvalue weighted by atomic mass is 16.5. The van der Waals surface area contributed by atoms with Crippen molar-refractivity contribution < 1.29 is 4.74 Å². The van der Waals surface area contributed by atoms with Gasteiger partial charge in [-0.05, 0) is 24.0 Å². The third-order valence-corrected chi connectivity index (χ3v) is 2.68. The van der Waals surface area contributed by atoms with Gasteiger partial charge in [0.25, 0.3) is 0 Å². The standard InChI is InChI=1S/C11H18N2O/c1-13-4-2-10(8-13)6-12-7-11-3-5-14-9-11/h2,4,8,11-12H,3,5-7,9H2,1H3. The van der Waals surface area contributed by atoms with E-state index in [1.54, 1.807) is 0 Å². The lowest BCUT2D eigenvalue weighted by atomic mass is 10.1. The smallest absolute Gasteiger partial charge is 0.0507 e. The molecular weight excluding hydrogens is 176 g/mol. The van der Waals surface area contributed by atoms with Crippen LogP contribution in [0.25, 0.3) is 0 Å². The molecule has 0 saturated carbocycles. The largest absolute Gasteiger partial charge is 0.381 e. The third kappa shape index (κ3) is 2.59. The fourth-order valence-corrected chi connectivity index (χ4v) is 1.83. The maximum Gasteiger partial charge on any atom is 0.0507 e. The van der Waals surface area contributed by atoms with Gasteiger partial charge in [-0.25, -0.2) is 0 Å². The van der Waals surface area contributed by atoms with Crippen LogP contribution in [0.3, 0.4) is 0 Å². The Morgan fingerprint density at radius 3 is 3.21 bits per heavy atom. The summed E-state index contributed by atoms with van der Waals surface area (Å²) in [7, 11) is 2.05. The van der Waals surface area contributed by atoms with Crippen molar-refractivity contribution in [2.24, 2.45) is 13.0 Å². The van der Waals surface area contributed by atoms with Gasteiger partial charge < -0.3 is 14.6 Å². The molecule has 1 atom stereocenters. The minimum Gasteiger partial charge on any atom is -0.381 e. The van der Waals surface area contributed by atoms with Crippen molar-refractivity contribution in [1.29, 1.82) is 0 Å². The van der Waals surface area contributed by atoms with Crippen LogP contribution in [-0.2, 0) is 18.3 Å². The van der Waals surface area contributed by atoms with Crippen molar-refractivity contribution >= 4 is 0 Å². The number of nitrogens with one attached hydrogen (secondary N) is 1. The van der Waals surface area contributed by atoms with Gasteiger partial charge in [0.1, 0.15) is 0 Å². The van der Waals surface area contributed by atoms with Crippen LogP contribution >= 0.6 is 0 Å². The van der Waals surface area contributed by atoms with E-state index in [0.717, 1.165) is 32.2 Å². The van der Waals surface area contributed by atoms with Gasteiger partial charge in [-0.2, -0.15) is 0 Å². The molecule has 0 radical (unpaired) electrons. The van der Waals surface area contributed by atoms with Gasteiger partial charge in [0.05, 0.1) is 6.61 Å². The second-order valence-electron chi connectivity index (χ2n) is 4.05. The zero-order chi connectivity index (χ0) is 9.80. The number of nitrogens with zero attached hydrogens (tertiary/aromatic N) is 1. The van der Waals surface area contributed by atoms with Crippen LogP contribution < -0.4 is 5.32 Å². The van der Waals surface area contributed by atoms with E-state index in [1.165, 1.54) is 12.0 Å². The Morgan fingerprint density at radius 2 is 2.57 bits per heavy atom. The lowest BCUT2D eigenvalue weighted by molar-refractivity contribution is 0.185. The van der Waals surface area contributed by atoms with Crippen LogP contribution in [0.1, 0.15) is 12.0 Å². The van der Waals surface area contributed by atoms with E-state index in [2.05, 4.69) is 28.3 Å². The van der Waals surface area contributed by atoms with Crippen molar-refractivity contribution in [3.63, 3.8) is 0 Å². The highest BCUT2D eigenvalue weighted by molar-refractivity contribution is 5.09. The number of aromatic nitrogens is 1. The lowest BCUT2D eigenvalue weighted by Crippen LogP contribution is -2.22. The highest BCUT2D eigenvalue weighted by Gasteiger charge is 2.14. The van der Waals surface area contributed by atoms with E-state index < -0.39 is 0 Å². The predicted molar refractivity (Wildman–Crippen MR) is 56.0 cm³/mol. The van der Waals surface area contributed by atoms with Gasteiger partial charge in [-0.1, -0.05) is 0 Å². The summed E-state index contributed by atoms with van der Waals surface area (Å²) >= 11 is 0. The van der Waals surface area contributed by atoms with E-state index in [1.807, 2.05) is 7.05 Å². The monoisotopic (exact) mass is 194 g/mol. The molecule has 0 aromatic carbocycles. The summed E-state index contributed by atoms with van der Waals surface area (Å²) in [4.78, 5) is 0. The average Bonchev–Trinajstić information content (AvgIpc) is 2.77. The molecule has 1 aliphatic rings. The first kappa shape index (κ1) is 9.74. The molecule has 2 rings (SSSR count). The molecule has 0 bridgehead atoms. The molecule has 2 heterocycles. The number of ether oxygens (including phenoxy) is 1. The summed E-state index contributed by atoms with van der Waals surface area (Å²) in [6.45, 7) is 3.92. The number of aryl methyl sites for hydroxylation is 1. The fourth-order valence-electron chi connectivity index (χ4n) is 1.83. The van der Waals surface area contributed by atoms with Crippen LogP contribution in [0.15, 0.2) is 18.5 Å². The summed E-state index contributed by atoms with van der Waals surface area (Å²) in [6, 6.07) is 2.15. The maximum absolute atomic E-state index is 5.32. The van der Waals surface area contributed by atoms with Crippen molar-refractivity contribution in [2.75, 3.05) is 19.8 Å². The Hall–Kier alpha value is -0.800. The molecule has 1 aromatic rings. The molecule has 1 fully saturated rings. The molecule has 1 saturated heterocycles. The summed E-state index contributed by atoms with van der Waals surface area (Å²) in [5.41, 5.74) is 1.35. The first-order chi connectivity index (χ1) is 6.84. The molecule has 1 unspecified atom stereocenters. The van der Waals surface area contributed by atoms with Gasteiger partial charge in [0.15, 0.2) is 0 Å². The molecule has 0 spiro atoms. The van der Waals surface area contributed by atoms with Gasteiger partial charge in [-0.15, -0.1) is 0 Å². The van der Waals surface area contributed by atoms with Gasteiger partial charge in [0, 0.05) is 39.1 Å². The summed E-state index contributed by atoms with van der Waals surface area (Å²) in [5.74, 6) is 0.721. The molecule has 1 N–H and O–H groups in total. The molecule has 78 valence electrons. The molecule has 0 amide bonds. The van der Waals surface area contributed by atoms with Crippen molar-refractivity contribution in [3.8, 4) is 0 Å². The Kier molecular flexibility index (Phi) is 3.22. The number of hydrogen-bond donors (Lipinski definition) is 1. The third-order valence-electron chi connectivity index (χ3n) is 2.68. The average molecular weight is 194 g/mol. The quantitative estimate of drug-likeness (QED) is 0.778. The van der Waals surface area contributed by atoms with E-state index in [4.69, 9.17) is 4.74 Å². The van der Waals surface area contributed by atoms with Gasteiger partial charge in [0.2, 0.25) is 0 Å². The summed E-state index contributed by atoms with van der Waals surface area (Å²) in [6.07, 6.45) is 5.44. The van der Waals surface area contributed by atoms with Crippen molar-refractivity contribution in [1.82, 2.24) is 9.88 Å². The topological polar surface area (TPSA) is 26.2 Å². The van der Waals surface area contributed by atoms with E-state index in [9.17, 15) is 0 Å². The van der Waals surface area contributed by atoms with E-state index >= 15 is 0 Å². The Morgan fingerprint density at radius 1 is 1.64 bits per heavy atom. The van der Waals surface area contributed by atoms with Crippen molar-refractivity contribution in [3.05, 3.63) is 24.0 Å². The number of rotatable bonds is 4. The fraction of sp³-hybridized carbons (Fsp3) is 0.636. The minimum atomic E-state index is 0.721. The molecule has 14 heavy (non-hydrogen) atoms. The summed E-state index contributed by atoms with van der Waals surface area (Å²) < 4.78 is 7.40. The second-order valence-corrected chi connectivity index (χ2v) is 4.05. The number of hydrogen-bond acceptors (Lipinski definition) is 2. The first-order valence-electron chi connectivity index (χ1n) is 5.24. The zero-order valence-electron chi connectivity index (χ0n) is 8.70. The van der Waals surface area contributed by atoms with Gasteiger partial charge >= 0.3 is 0 Å². The van der Waals surface area contributed by atoms with Crippen LogP contribution in [0.4, 0.5) is 0 Å².